The van der Waals surface area contributed by atoms with E-state index in [0.717, 1.165) is 18.4 Å². The highest BCUT2D eigenvalue weighted by Gasteiger charge is 2.19. The molecule has 2 rings (SSSR count). The number of carbonyl (C=O) groups is 1. The molecular weight excluding hydrogens is 182 g/mol. The van der Waals surface area contributed by atoms with Crippen LogP contribution in [0.5, 0.6) is 5.75 Å². The zero-order chi connectivity index (χ0) is 9.97. The van der Waals surface area contributed by atoms with Gasteiger partial charge in [-0.05, 0) is 24.1 Å². The van der Waals surface area contributed by atoms with E-state index in [4.69, 9.17) is 9.94 Å². The van der Waals surface area contributed by atoms with Gasteiger partial charge in [-0.15, -0.1) is 0 Å². The fourth-order valence-corrected chi connectivity index (χ4v) is 1.57. The minimum Gasteiger partial charge on any atom is -0.442 e. The molecule has 0 aliphatic heterocycles. The van der Waals surface area contributed by atoms with Crippen molar-refractivity contribution in [1.29, 1.82) is 0 Å². The van der Waals surface area contributed by atoms with Crippen molar-refractivity contribution >= 4 is 12.2 Å². The number of nitrogens with zero attached hydrogens (tertiary/aromatic N) is 1. The predicted octanol–water partition coefficient (Wildman–Crippen LogP) is 1.61. The second-order valence-corrected chi connectivity index (χ2v) is 3.08. The Balaban J connectivity index is 2.30. The summed E-state index contributed by atoms with van der Waals surface area (Å²) < 4.78 is 4.93. The number of fused-ring (bicyclic) bond motifs is 1. The summed E-state index contributed by atoms with van der Waals surface area (Å²) in [5, 5.41) is 10.9. The van der Waals surface area contributed by atoms with Crippen LogP contribution in [0.4, 0.5) is 0 Å². The van der Waals surface area contributed by atoms with E-state index < -0.39 is 0 Å². The van der Waals surface area contributed by atoms with Gasteiger partial charge in [-0.3, -0.25) is 4.79 Å². The summed E-state index contributed by atoms with van der Waals surface area (Å²) in [6, 6.07) is 5.28. The van der Waals surface area contributed by atoms with Gasteiger partial charge >= 0.3 is 0 Å². The molecule has 72 valence electrons. The lowest BCUT2D eigenvalue weighted by atomic mass is 10.1. The molecule has 0 radical (unpaired) electrons. The maximum Gasteiger partial charge on any atom is 0.218 e. The molecule has 4 nitrogen and oxygen atoms in total. The molecule has 0 spiro atoms. The summed E-state index contributed by atoms with van der Waals surface area (Å²) in [7, 11) is 0. The molecule has 1 aromatic carbocycles. The lowest BCUT2D eigenvalue weighted by molar-refractivity contribution is 0.0994. The number of oxime groups is 1. The number of benzene rings is 1. The normalized spacial score (nSPS) is 14.7. The van der Waals surface area contributed by atoms with Crippen LogP contribution >= 0.6 is 0 Å². The lowest BCUT2D eigenvalue weighted by Crippen LogP contribution is -1.94. The fraction of sp³-hybridized carbons (Fsp3) is 0.200. The molecule has 0 atom stereocenters. The van der Waals surface area contributed by atoms with Crippen LogP contribution < -0.4 is 4.74 Å². The molecule has 0 aromatic heterocycles. The minimum absolute atomic E-state index is 0.145. The van der Waals surface area contributed by atoms with Crippen LogP contribution in [-0.2, 0) is 6.42 Å². The molecule has 0 fully saturated rings. The quantitative estimate of drug-likeness (QED) is 0.334. The van der Waals surface area contributed by atoms with Crippen LogP contribution in [0.25, 0.3) is 0 Å². The summed E-state index contributed by atoms with van der Waals surface area (Å²) in [5.41, 5.74) is 1.78. The molecule has 1 aliphatic carbocycles. The van der Waals surface area contributed by atoms with Gasteiger partial charge in [-0.2, -0.15) is 0 Å². The molecule has 0 bridgehead atoms. The number of carbonyl (C=O) groups excluding carboxylic acids is 1. The topological polar surface area (TPSA) is 58.9 Å². The largest absolute Gasteiger partial charge is 0.442 e. The monoisotopic (exact) mass is 191 g/mol. The molecule has 14 heavy (non-hydrogen) atoms. The highest BCUT2D eigenvalue weighted by Crippen LogP contribution is 2.25. The van der Waals surface area contributed by atoms with Gasteiger partial charge in [0.15, 0.2) is 5.78 Å². The first-order valence-corrected chi connectivity index (χ1v) is 4.30. The summed E-state index contributed by atoms with van der Waals surface area (Å²) in [4.78, 5) is 11.4. The van der Waals surface area contributed by atoms with Gasteiger partial charge in [-0.1, -0.05) is 11.2 Å². The van der Waals surface area contributed by atoms with Crippen LogP contribution in [0.15, 0.2) is 23.4 Å². The molecule has 1 aliphatic rings. The van der Waals surface area contributed by atoms with Crippen molar-refractivity contribution in [3.8, 4) is 5.75 Å². The Kier molecular flexibility index (Phi) is 2.18. The van der Waals surface area contributed by atoms with E-state index in [9.17, 15) is 4.79 Å². The van der Waals surface area contributed by atoms with E-state index in [-0.39, 0.29) is 5.78 Å². The third kappa shape index (κ3) is 1.46. The number of aryl methyl sites for hydroxylation is 1. The molecule has 4 heteroatoms. The maximum atomic E-state index is 11.4. The molecule has 0 unspecified atom stereocenters. The molecule has 0 saturated heterocycles. The zero-order valence-electron chi connectivity index (χ0n) is 7.43. The Morgan fingerprint density at radius 2 is 2.29 bits per heavy atom. The van der Waals surface area contributed by atoms with Crippen molar-refractivity contribution < 1.29 is 14.7 Å². The molecule has 1 aromatic rings. The van der Waals surface area contributed by atoms with Crippen molar-refractivity contribution in [3.05, 3.63) is 29.3 Å². The Morgan fingerprint density at radius 3 is 3.07 bits per heavy atom. The average Bonchev–Trinajstić information content (AvgIpc) is 2.57. The molecule has 0 amide bonds. The van der Waals surface area contributed by atoms with Gasteiger partial charge in [0.05, 0.1) is 0 Å². The summed E-state index contributed by atoms with van der Waals surface area (Å²) in [6.45, 7) is 0. The number of ether oxygens (including phenoxy) is 1. The first-order valence-electron chi connectivity index (χ1n) is 4.30. The van der Waals surface area contributed by atoms with Crippen molar-refractivity contribution in [2.75, 3.05) is 0 Å². The lowest BCUT2D eigenvalue weighted by Gasteiger charge is -2.01. The van der Waals surface area contributed by atoms with E-state index in [2.05, 4.69) is 5.16 Å². The molecule has 0 saturated carbocycles. The van der Waals surface area contributed by atoms with Gasteiger partial charge in [-0.25, -0.2) is 0 Å². The van der Waals surface area contributed by atoms with Crippen molar-refractivity contribution in [3.63, 3.8) is 0 Å². The highest BCUT2D eigenvalue weighted by molar-refractivity contribution is 6.00. The predicted molar refractivity (Wildman–Crippen MR) is 50.0 cm³/mol. The van der Waals surface area contributed by atoms with E-state index in [1.54, 1.807) is 12.1 Å². The first kappa shape index (κ1) is 8.74. The molecule has 0 heterocycles. The highest BCUT2D eigenvalue weighted by atomic mass is 16.5. The van der Waals surface area contributed by atoms with E-state index in [0.29, 0.717) is 17.7 Å². The van der Waals surface area contributed by atoms with Gasteiger partial charge < -0.3 is 9.94 Å². The molecular formula is C10H9NO3. The Hall–Kier alpha value is -1.84. The van der Waals surface area contributed by atoms with E-state index in [1.165, 1.54) is 0 Å². The smallest absolute Gasteiger partial charge is 0.218 e. The number of ketones is 1. The Bertz CT molecular complexity index is 398. The summed E-state index contributed by atoms with van der Waals surface area (Å²) in [6.07, 6.45) is 2.30. The first-order chi connectivity index (χ1) is 6.81. The van der Waals surface area contributed by atoms with Crippen molar-refractivity contribution in [1.82, 2.24) is 0 Å². The number of rotatable bonds is 2. The van der Waals surface area contributed by atoms with E-state index >= 15 is 0 Å². The number of Topliss-reactive ketones (excluding diaryl/α,β-unsaturated/α-hetero) is 1. The van der Waals surface area contributed by atoms with E-state index in [1.807, 2.05) is 6.07 Å². The Labute approximate surface area is 80.8 Å². The van der Waals surface area contributed by atoms with Crippen LogP contribution in [-0.4, -0.2) is 17.4 Å². The second-order valence-electron chi connectivity index (χ2n) is 3.08. The molecule has 1 N–H and O–H groups in total. The SMILES string of the molecule is O=C1CCc2ccc(O/C=N\O)cc21. The van der Waals surface area contributed by atoms with Crippen molar-refractivity contribution in [2.45, 2.75) is 12.8 Å². The minimum atomic E-state index is 0.145. The number of hydrogen-bond acceptors (Lipinski definition) is 4. The van der Waals surface area contributed by atoms with Gasteiger partial charge in [0.2, 0.25) is 6.40 Å². The van der Waals surface area contributed by atoms with Crippen molar-refractivity contribution in [2.24, 2.45) is 5.16 Å². The summed E-state index contributed by atoms with van der Waals surface area (Å²) >= 11 is 0. The van der Waals surface area contributed by atoms with Gasteiger partial charge in [0.25, 0.3) is 0 Å². The fourth-order valence-electron chi connectivity index (χ4n) is 1.57. The summed E-state index contributed by atoms with van der Waals surface area (Å²) in [5.74, 6) is 0.656. The Morgan fingerprint density at radius 1 is 1.43 bits per heavy atom. The van der Waals surface area contributed by atoms with Crippen LogP contribution in [0.1, 0.15) is 22.3 Å². The van der Waals surface area contributed by atoms with Crippen LogP contribution in [0.3, 0.4) is 0 Å². The third-order valence-corrected chi connectivity index (χ3v) is 2.24. The zero-order valence-corrected chi connectivity index (χ0v) is 7.43. The van der Waals surface area contributed by atoms with Crippen LogP contribution in [0.2, 0.25) is 0 Å². The number of hydrogen-bond donors (Lipinski definition) is 1. The third-order valence-electron chi connectivity index (χ3n) is 2.24. The van der Waals surface area contributed by atoms with Gasteiger partial charge in [0.1, 0.15) is 5.75 Å². The second kappa shape index (κ2) is 3.49. The van der Waals surface area contributed by atoms with Crippen LogP contribution in [0, 0.1) is 0 Å². The van der Waals surface area contributed by atoms with Gasteiger partial charge in [0, 0.05) is 12.0 Å². The maximum absolute atomic E-state index is 11.4. The average molecular weight is 191 g/mol. The standard InChI is InChI=1S/C10H9NO3/c12-10-4-2-7-1-3-8(5-9(7)10)14-6-11-13/h1,3,5-6,13H,2,4H2/b11-6-.